The molecule has 7 heteroatoms. The van der Waals surface area contributed by atoms with E-state index in [4.69, 9.17) is 22.3 Å². The quantitative estimate of drug-likeness (QED) is 0.590. The van der Waals surface area contributed by atoms with Gasteiger partial charge in [0.2, 0.25) is 0 Å². The Labute approximate surface area is 92.2 Å². The molecular formula is C6H2BrCl2FO2S. The van der Waals surface area contributed by atoms with Gasteiger partial charge in [-0.25, -0.2) is 12.8 Å². The maximum Gasteiger partial charge on any atom is 0.262 e. The summed E-state index contributed by atoms with van der Waals surface area (Å²) in [6.07, 6.45) is 0. The van der Waals surface area contributed by atoms with Gasteiger partial charge in [0, 0.05) is 10.7 Å². The maximum atomic E-state index is 13.0. The van der Waals surface area contributed by atoms with Crippen LogP contribution >= 0.6 is 38.2 Å². The first kappa shape index (κ1) is 11.2. The van der Waals surface area contributed by atoms with Crippen LogP contribution in [0.25, 0.3) is 0 Å². The summed E-state index contributed by atoms with van der Waals surface area (Å²) in [5.41, 5.74) is 0. The van der Waals surface area contributed by atoms with Crippen LogP contribution in [-0.4, -0.2) is 8.42 Å². The van der Waals surface area contributed by atoms with Gasteiger partial charge in [-0.15, -0.1) is 0 Å². The zero-order valence-electron chi connectivity index (χ0n) is 5.89. The first-order valence-electron chi connectivity index (χ1n) is 2.92. The van der Waals surface area contributed by atoms with Gasteiger partial charge in [0.05, 0.1) is 14.4 Å². The molecule has 0 N–H and O–H groups in total. The molecule has 13 heavy (non-hydrogen) atoms. The van der Waals surface area contributed by atoms with Crippen molar-refractivity contribution in [2.75, 3.05) is 0 Å². The summed E-state index contributed by atoms with van der Waals surface area (Å²) in [6, 6.07) is 2.24. The van der Waals surface area contributed by atoms with Crippen molar-refractivity contribution in [2.45, 2.75) is 4.90 Å². The van der Waals surface area contributed by atoms with E-state index in [1.165, 1.54) is 0 Å². The molecule has 0 saturated heterocycles. The SMILES string of the molecule is O=S(=O)(Cl)c1ccc(Cl)c(F)c1Br. The van der Waals surface area contributed by atoms with Crippen LogP contribution in [-0.2, 0) is 9.05 Å². The minimum Gasteiger partial charge on any atom is -0.207 e. The van der Waals surface area contributed by atoms with Gasteiger partial charge < -0.3 is 0 Å². The molecule has 0 bridgehead atoms. The van der Waals surface area contributed by atoms with Crippen molar-refractivity contribution in [1.82, 2.24) is 0 Å². The molecule has 1 rings (SSSR count). The highest BCUT2D eigenvalue weighted by molar-refractivity contribution is 9.10. The van der Waals surface area contributed by atoms with Crippen LogP contribution in [0.2, 0.25) is 5.02 Å². The average molecular weight is 308 g/mol. The van der Waals surface area contributed by atoms with Crippen molar-refractivity contribution in [2.24, 2.45) is 0 Å². The van der Waals surface area contributed by atoms with Crippen LogP contribution in [0.15, 0.2) is 21.5 Å². The zero-order valence-corrected chi connectivity index (χ0v) is 9.81. The summed E-state index contributed by atoms with van der Waals surface area (Å²) in [5, 5.41) is -0.170. The van der Waals surface area contributed by atoms with Crippen molar-refractivity contribution in [1.29, 1.82) is 0 Å². The van der Waals surface area contributed by atoms with Gasteiger partial charge >= 0.3 is 0 Å². The molecule has 0 aromatic heterocycles. The molecule has 1 aromatic carbocycles. The van der Waals surface area contributed by atoms with Crippen molar-refractivity contribution in [3.05, 3.63) is 27.4 Å². The lowest BCUT2D eigenvalue weighted by atomic mass is 10.3. The molecule has 0 atom stereocenters. The predicted octanol–water partition coefficient (Wildman–Crippen LogP) is 3.17. The summed E-state index contributed by atoms with van der Waals surface area (Å²) in [7, 11) is 1.07. The van der Waals surface area contributed by atoms with Gasteiger partial charge in [-0.2, -0.15) is 0 Å². The maximum absolute atomic E-state index is 13.0. The van der Waals surface area contributed by atoms with Gasteiger partial charge in [-0.1, -0.05) is 11.6 Å². The zero-order chi connectivity index (χ0) is 10.2. The second-order valence-electron chi connectivity index (χ2n) is 2.11. The van der Waals surface area contributed by atoms with E-state index in [1.807, 2.05) is 0 Å². The van der Waals surface area contributed by atoms with Crippen molar-refractivity contribution >= 4 is 47.3 Å². The van der Waals surface area contributed by atoms with Gasteiger partial charge in [-0.3, -0.25) is 0 Å². The van der Waals surface area contributed by atoms with Crippen LogP contribution < -0.4 is 0 Å². The van der Waals surface area contributed by atoms with E-state index in [0.717, 1.165) is 12.1 Å². The summed E-state index contributed by atoms with van der Waals surface area (Å²) in [4.78, 5) is -0.337. The molecular weight excluding hydrogens is 306 g/mol. The second kappa shape index (κ2) is 3.73. The number of rotatable bonds is 1. The number of benzene rings is 1. The fourth-order valence-electron chi connectivity index (χ4n) is 0.696. The predicted molar refractivity (Wildman–Crippen MR) is 52.1 cm³/mol. The summed E-state index contributed by atoms with van der Waals surface area (Å²) in [5.74, 6) is -0.844. The summed E-state index contributed by atoms with van der Waals surface area (Å²) < 4.78 is 34.5. The van der Waals surface area contributed by atoms with E-state index in [0.29, 0.717) is 0 Å². The standard InChI is InChI=1S/C6H2BrCl2FO2S/c7-5-4(13(9,11)12)2-1-3(8)6(5)10/h1-2H. The van der Waals surface area contributed by atoms with Crippen LogP contribution in [0, 0.1) is 5.82 Å². The van der Waals surface area contributed by atoms with Crippen LogP contribution in [0.1, 0.15) is 0 Å². The fourth-order valence-corrected chi connectivity index (χ4v) is 3.15. The molecule has 0 aliphatic carbocycles. The molecule has 72 valence electrons. The monoisotopic (exact) mass is 306 g/mol. The molecule has 0 aliphatic heterocycles. The van der Waals surface area contributed by atoms with Crippen molar-refractivity contribution < 1.29 is 12.8 Å². The third-order valence-electron chi connectivity index (χ3n) is 1.26. The minimum absolute atomic E-state index is 0.170. The Morgan fingerprint density at radius 3 is 2.38 bits per heavy atom. The largest absolute Gasteiger partial charge is 0.262 e. The van der Waals surface area contributed by atoms with E-state index >= 15 is 0 Å². The lowest BCUT2D eigenvalue weighted by molar-refractivity contribution is 0.598. The smallest absolute Gasteiger partial charge is 0.207 e. The molecule has 2 nitrogen and oxygen atoms in total. The summed E-state index contributed by atoms with van der Waals surface area (Å²) >= 11 is 8.14. The van der Waals surface area contributed by atoms with E-state index in [9.17, 15) is 12.8 Å². The Balaban J connectivity index is 3.53. The topological polar surface area (TPSA) is 34.1 Å². The molecule has 0 heterocycles. The third kappa shape index (κ3) is 2.34. The molecule has 1 aromatic rings. The second-order valence-corrected chi connectivity index (χ2v) is 5.85. The fraction of sp³-hybridized carbons (Fsp3) is 0. The van der Waals surface area contributed by atoms with Gasteiger partial charge in [-0.05, 0) is 28.1 Å². The molecule has 0 fully saturated rings. The Bertz CT molecular complexity index is 446. The molecule has 0 spiro atoms. The lowest BCUT2D eigenvalue weighted by Gasteiger charge is -2.02. The van der Waals surface area contributed by atoms with Crippen LogP contribution in [0.4, 0.5) is 4.39 Å². The Hall–Kier alpha value is 0.160. The number of hydrogen-bond acceptors (Lipinski definition) is 2. The highest BCUT2D eigenvalue weighted by atomic mass is 79.9. The van der Waals surface area contributed by atoms with E-state index in [-0.39, 0.29) is 14.4 Å². The van der Waals surface area contributed by atoms with Gasteiger partial charge in [0.1, 0.15) is 0 Å². The lowest BCUT2D eigenvalue weighted by Crippen LogP contribution is -1.94. The Kier molecular flexibility index (Phi) is 3.22. The van der Waals surface area contributed by atoms with E-state index < -0.39 is 14.9 Å². The normalized spacial score (nSPS) is 11.7. The highest BCUT2D eigenvalue weighted by Crippen LogP contribution is 2.31. The van der Waals surface area contributed by atoms with Gasteiger partial charge in [0.25, 0.3) is 9.05 Å². The molecule has 0 unspecified atom stereocenters. The van der Waals surface area contributed by atoms with Crippen LogP contribution in [0.3, 0.4) is 0 Å². The third-order valence-corrected chi connectivity index (χ3v) is 3.96. The molecule has 0 amide bonds. The molecule has 0 saturated carbocycles. The first-order chi connectivity index (χ1) is 5.84. The Morgan fingerprint density at radius 2 is 1.92 bits per heavy atom. The van der Waals surface area contributed by atoms with Gasteiger partial charge in [0.15, 0.2) is 5.82 Å². The van der Waals surface area contributed by atoms with Crippen molar-refractivity contribution in [3.8, 4) is 0 Å². The number of hydrogen-bond donors (Lipinski definition) is 0. The Morgan fingerprint density at radius 1 is 1.38 bits per heavy atom. The molecule has 0 aliphatic rings. The average Bonchev–Trinajstić information content (AvgIpc) is 1.98. The molecule has 0 radical (unpaired) electrons. The van der Waals surface area contributed by atoms with Crippen LogP contribution in [0.5, 0.6) is 0 Å². The highest BCUT2D eigenvalue weighted by Gasteiger charge is 2.18. The first-order valence-corrected chi connectivity index (χ1v) is 6.40. The number of halogens is 4. The van der Waals surface area contributed by atoms with E-state index in [1.54, 1.807) is 0 Å². The minimum atomic E-state index is -3.95. The summed E-state index contributed by atoms with van der Waals surface area (Å²) in [6.45, 7) is 0. The van der Waals surface area contributed by atoms with Crippen molar-refractivity contribution in [3.63, 3.8) is 0 Å². The van der Waals surface area contributed by atoms with E-state index in [2.05, 4.69) is 15.9 Å².